The van der Waals surface area contributed by atoms with Gasteiger partial charge in [-0.1, -0.05) is 60.7 Å². The van der Waals surface area contributed by atoms with E-state index >= 15 is 4.39 Å². The zero-order valence-corrected chi connectivity index (χ0v) is 35.5. The molecule has 344 valence electrons. The lowest BCUT2D eigenvalue weighted by molar-refractivity contribution is -0.142. The van der Waals surface area contributed by atoms with Crippen LogP contribution < -0.4 is 28.7 Å². The number of amides is 2. The van der Waals surface area contributed by atoms with Crippen LogP contribution in [0.4, 0.5) is 37.7 Å². The molecule has 18 heteroatoms. The highest BCUT2D eigenvalue weighted by Crippen LogP contribution is 2.48. The molecule has 2 aliphatic rings. The van der Waals surface area contributed by atoms with Crippen LogP contribution in [0.25, 0.3) is 21.5 Å². The molecule has 0 saturated heterocycles. The number of carbonyl (C=O) groups is 4. The largest absolute Gasteiger partial charge is 0.492 e. The second kappa shape index (κ2) is 19.7. The number of benzene rings is 6. The van der Waals surface area contributed by atoms with Crippen molar-refractivity contribution in [2.45, 2.75) is 59.9 Å². The first-order valence-corrected chi connectivity index (χ1v) is 20.5. The number of fused-ring (bicyclic) bond motifs is 4. The van der Waals surface area contributed by atoms with E-state index in [9.17, 15) is 41.1 Å². The summed E-state index contributed by atoms with van der Waals surface area (Å²) in [6, 6.07) is 21.0. The predicted molar refractivity (Wildman–Crippen MR) is 229 cm³/mol. The van der Waals surface area contributed by atoms with Gasteiger partial charge in [0.2, 0.25) is 0 Å². The molecule has 2 amide bonds. The molecule has 2 aliphatic heterocycles. The van der Waals surface area contributed by atoms with E-state index in [2.05, 4.69) is 0 Å². The summed E-state index contributed by atoms with van der Waals surface area (Å²) in [4.78, 5) is 51.6. The molecule has 6 aromatic rings. The SMILES string of the molecule is CCOC(=O)Cc1ccc(N2Cc3c(c(OCC)c4ccccc4c3OC(F)F)C2=O)c(F)c1.CCOc1c2c(c(OC(F)F)c3ccccc13)CN(c1ccc(CC(=O)O)cc1F)C2=O. The van der Waals surface area contributed by atoms with E-state index in [-0.39, 0.29) is 108 Å². The third-order valence-corrected chi connectivity index (χ3v) is 10.6. The van der Waals surface area contributed by atoms with Crippen molar-refractivity contribution in [1.82, 2.24) is 0 Å². The van der Waals surface area contributed by atoms with E-state index in [0.717, 1.165) is 21.9 Å². The molecule has 0 spiro atoms. The second-order valence-corrected chi connectivity index (χ2v) is 14.6. The Balaban J connectivity index is 0.000000197. The van der Waals surface area contributed by atoms with Crippen LogP contribution in [0.1, 0.15) is 63.7 Å². The number of anilines is 2. The van der Waals surface area contributed by atoms with E-state index in [1.807, 2.05) is 0 Å². The van der Waals surface area contributed by atoms with Crippen LogP contribution in [-0.2, 0) is 40.3 Å². The fourth-order valence-electron chi connectivity index (χ4n) is 8.07. The van der Waals surface area contributed by atoms with Crippen molar-refractivity contribution in [2.75, 3.05) is 29.6 Å². The Hall–Kier alpha value is -7.50. The highest BCUT2D eigenvalue weighted by Gasteiger charge is 2.40. The molecular formula is C48H40F6N2O10. The van der Waals surface area contributed by atoms with Crippen LogP contribution in [0, 0.1) is 11.6 Å². The molecule has 0 saturated carbocycles. The lowest BCUT2D eigenvalue weighted by atomic mass is 9.99. The molecule has 0 radical (unpaired) electrons. The quantitative estimate of drug-likeness (QED) is 0.0782. The van der Waals surface area contributed by atoms with Crippen molar-refractivity contribution in [3.63, 3.8) is 0 Å². The summed E-state index contributed by atoms with van der Waals surface area (Å²) in [5.74, 6) is -4.22. The number of esters is 1. The Bertz CT molecular complexity index is 2870. The fourth-order valence-corrected chi connectivity index (χ4v) is 8.07. The molecular weight excluding hydrogens is 879 g/mol. The van der Waals surface area contributed by atoms with Gasteiger partial charge in [0.05, 0.1) is 68.3 Å². The maximum Gasteiger partial charge on any atom is 0.387 e. The predicted octanol–water partition coefficient (Wildman–Crippen LogP) is 10.0. The summed E-state index contributed by atoms with van der Waals surface area (Å²) in [5, 5.41) is 10.5. The molecule has 0 bridgehead atoms. The first-order chi connectivity index (χ1) is 31.7. The van der Waals surface area contributed by atoms with Crippen molar-refractivity contribution in [2.24, 2.45) is 0 Å². The summed E-state index contributed by atoms with van der Waals surface area (Å²) in [7, 11) is 0. The number of hydrogen-bond acceptors (Lipinski definition) is 9. The van der Waals surface area contributed by atoms with Crippen LogP contribution in [0.3, 0.4) is 0 Å². The maximum atomic E-state index is 15.0. The molecule has 2 heterocycles. The first-order valence-electron chi connectivity index (χ1n) is 20.5. The third-order valence-electron chi connectivity index (χ3n) is 10.6. The summed E-state index contributed by atoms with van der Waals surface area (Å²) in [5.41, 5.74) is 0.921. The van der Waals surface area contributed by atoms with E-state index in [4.69, 9.17) is 28.8 Å². The van der Waals surface area contributed by atoms with E-state index in [1.165, 1.54) is 24.3 Å². The number of aliphatic carboxylic acids is 1. The van der Waals surface area contributed by atoms with Gasteiger partial charge in [0.15, 0.2) is 0 Å². The van der Waals surface area contributed by atoms with Gasteiger partial charge in [0.1, 0.15) is 34.6 Å². The second-order valence-electron chi connectivity index (χ2n) is 14.6. The van der Waals surface area contributed by atoms with Crippen molar-refractivity contribution in [1.29, 1.82) is 0 Å². The molecule has 0 fully saturated rings. The van der Waals surface area contributed by atoms with Crippen molar-refractivity contribution >= 4 is 56.7 Å². The van der Waals surface area contributed by atoms with Crippen LogP contribution in [0.2, 0.25) is 0 Å². The minimum absolute atomic E-state index is 0.0372. The van der Waals surface area contributed by atoms with Crippen molar-refractivity contribution < 1.29 is 74.3 Å². The number of rotatable bonds is 15. The summed E-state index contributed by atoms with van der Waals surface area (Å²) >= 11 is 0. The number of hydrogen-bond donors (Lipinski definition) is 1. The van der Waals surface area contributed by atoms with Crippen LogP contribution in [0.15, 0.2) is 84.9 Å². The lowest BCUT2D eigenvalue weighted by Gasteiger charge is -2.17. The fraction of sp³-hybridized carbons (Fsp3) is 0.250. The number of carboxylic acids is 1. The number of alkyl halides is 4. The van der Waals surface area contributed by atoms with E-state index in [0.29, 0.717) is 27.1 Å². The zero-order valence-electron chi connectivity index (χ0n) is 35.5. The molecule has 0 aromatic heterocycles. The van der Waals surface area contributed by atoms with E-state index < -0.39 is 48.6 Å². The normalized spacial score (nSPS) is 13.0. The molecule has 6 aromatic carbocycles. The highest BCUT2D eigenvalue weighted by atomic mass is 19.3. The Morgan fingerprint density at radius 3 is 1.33 bits per heavy atom. The van der Waals surface area contributed by atoms with Gasteiger partial charge in [0, 0.05) is 32.7 Å². The molecule has 0 unspecified atom stereocenters. The van der Waals surface area contributed by atoms with Crippen LogP contribution in [0.5, 0.6) is 23.0 Å². The van der Waals surface area contributed by atoms with Crippen LogP contribution >= 0.6 is 0 Å². The van der Waals surface area contributed by atoms with Gasteiger partial charge in [-0.05, 0) is 56.2 Å². The smallest absolute Gasteiger partial charge is 0.387 e. The van der Waals surface area contributed by atoms with Gasteiger partial charge in [-0.2, -0.15) is 17.6 Å². The van der Waals surface area contributed by atoms with Crippen molar-refractivity contribution in [3.05, 3.63) is 130 Å². The minimum Gasteiger partial charge on any atom is -0.492 e. The Morgan fingerprint density at radius 1 is 0.591 bits per heavy atom. The minimum atomic E-state index is -3.13. The number of halogens is 6. The van der Waals surface area contributed by atoms with Gasteiger partial charge in [-0.15, -0.1) is 0 Å². The number of ether oxygens (including phenoxy) is 5. The van der Waals surface area contributed by atoms with Crippen LogP contribution in [-0.4, -0.2) is 61.9 Å². The monoisotopic (exact) mass is 918 g/mol. The highest BCUT2D eigenvalue weighted by molar-refractivity contribution is 6.18. The van der Waals surface area contributed by atoms with Gasteiger partial charge < -0.3 is 38.6 Å². The molecule has 8 rings (SSSR count). The number of nitrogens with zero attached hydrogens (tertiary/aromatic N) is 2. The first kappa shape index (κ1) is 46.5. The number of carbonyl (C=O) groups excluding carboxylic acids is 3. The summed E-state index contributed by atoms with van der Waals surface area (Å²) in [6.07, 6.45) is -0.497. The molecule has 12 nitrogen and oxygen atoms in total. The zero-order chi connectivity index (χ0) is 47.4. The Morgan fingerprint density at radius 2 is 0.985 bits per heavy atom. The maximum absolute atomic E-state index is 15.0. The molecule has 0 atom stereocenters. The summed E-state index contributed by atoms with van der Waals surface area (Å²) < 4.78 is 109. The average Bonchev–Trinajstić information content (AvgIpc) is 3.79. The van der Waals surface area contributed by atoms with Gasteiger partial charge in [-0.3, -0.25) is 19.2 Å². The van der Waals surface area contributed by atoms with Crippen molar-refractivity contribution in [3.8, 4) is 23.0 Å². The summed E-state index contributed by atoms with van der Waals surface area (Å²) in [6.45, 7) is -0.848. The van der Waals surface area contributed by atoms with E-state index in [1.54, 1.807) is 69.3 Å². The molecule has 0 aliphatic carbocycles. The Labute approximate surface area is 372 Å². The molecule has 66 heavy (non-hydrogen) atoms. The topological polar surface area (TPSA) is 141 Å². The number of carboxylic acid groups (broad SMARTS) is 1. The lowest BCUT2D eigenvalue weighted by Crippen LogP contribution is -2.24. The average molecular weight is 919 g/mol. The van der Waals surface area contributed by atoms with Gasteiger partial charge >= 0.3 is 25.2 Å². The van der Waals surface area contributed by atoms with Gasteiger partial charge in [0.25, 0.3) is 11.8 Å². The molecule has 1 N–H and O–H groups in total. The third kappa shape index (κ3) is 9.21. The standard InChI is InChI=1S/C25H22F3NO5.C23H18F3NO5/c1-3-32-20(30)12-14-9-10-19(18(26)11-14)29-13-17-21(24(29)31)23(33-4-2)16-8-6-5-7-15(16)22(17)34-25(27)28;1-2-31-21-14-6-4-3-5-13(14)20(32-23(25)26)15-11-27(22(30)19(15)21)17-8-7-12(9-16(17)24)10-18(28)29/h5-11,25H,3-4,12-13H2,1-2H3;3-9,23H,2,10-11H2,1H3,(H,28,29). The Kier molecular flexibility index (Phi) is 13.9. The van der Waals surface area contributed by atoms with Gasteiger partial charge in [-0.25, -0.2) is 8.78 Å².